The van der Waals surface area contributed by atoms with Crippen molar-refractivity contribution in [2.75, 3.05) is 16.3 Å². The maximum Gasteiger partial charge on any atom is 0.272 e. The molecule has 9 nitrogen and oxygen atoms in total. The van der Waals surface area contributed by atoms with Crippen LogP contribution in [0.25, 0.3) is 10.9 Å². The molecule has 0 fully saturated rings. The molecule has 10 heteroatoms. The number of hydrogen-bond acceptors (Lipinski definition) is 5. The SMILES string of the molecule is Cc1ccc(NS(=O)(=O)c2ccc(C(=O)N3CCCc4nccn43)cc2)c2[nH]cc(C#N)c12. The highest BCUT2D eigenvalue weighted by Crippen LogP contribution is 2.30. The van der Waals surface area contributed by atoms with Gasteiger partial charge in [0.1, 0.15) is 11.9 Å². The second-order valence-corrected chi connectivity index (χ2v) is 9.53. The summed E-state index contributed by atoms with van der Waals surface area (Å²) in [5, 5.41) is 11.6. The Bertz CT molecular complexity index is 1530. The first-order valence-electron chi connectivity index (χ1n) is 10.4. The van der Waals surface area contributed by atoms with Gasteiger partial charge in [-0.1, -0.05) is 6.07 Å². The van der Waals surface area contributed by atoms with Crippen LogP contribution in [0.2, 0.25) is 0 Å². The van der Waals surface area contributed by atoms with Crippen LogP contribution in [0.4, 0.5) is 5.69 Å². The smallest absolute Gasteiger partial charge is 0.272 e. The van der Waals surface area contributed by atoms with E-state index in [9.17, 15) is 18.5 Å². The number of benzene rings is 2. The van der Waals surface area contributed by atoms with Gasteiger partial charge in [-0.05, 0) is 49.2 Å². The minimum atomic E-state index is -3.92. The average molecular weight is 461 g/mol. The molecular weight excluding hydrogens is 440 g/mol. The lowest BCUT2D eigenvalue weighted by Crippen LogP contribution is -2.44. The second kappa shape index (κ2) is 7.79. The molecule has 0 radical (unpaired) electrons. The Labute approximate surface area is 190 Å². The highest BCUT2D eigenvalue weighted by Gasteiger charge is 2.24. The number of aromatic nitrogens is 3. The number of aryl methyl sites for hydroxylation is 2. The molecule has 5 rings (SSSR count). The van der Waals surface area contributed by atoms with Crippen molar-refractivity contribution in [2.24, 2.45) is 0 Å². The molecule has 33 heavy (non-hydrogen) atoms. The van der Waals surface area contributed by atoms with Crippen LogP contribution in [0, 0.1) is 18.3 Å². The van der Waals surface area contributed by atoms with Gasteiger partial charge in [0, 0.05) is 42.5 Å². The standard InChI is InChI=1S/C23H20N6O3S/c1-15-4-9-19(22-21(15)17(13-24)14-26-22)27-33(31,32)18-7-5-16(6-8-18)23(30)29-11-2-3-20-25-10-12-28(20)29/h4-10,12,14,26-27H,2-3,11H2,1H3. The summed E-state index contributed by atoms with van der Waals surface area (Å²) in [6.45, 7) is 2.42. The highest BCUT2D eigenvalue weighted by molar-refractivity contribution is 7.92. The molecule has 2 aromatic heterocycles. The number of sulfonamides is 1. The number of carbonyl (C=O) groups is 1. The van der Waals surface area contributed by atoms with Gasteiger partial charge in [-0.3, -0.25) is 9.52 Å². The van der Waals surface area contributed by atoms with Crippen LogP contribution < -0.4 is 9.73 Å². The van der Waals surface area contributed by atoms with E-state index in [1.807, 2.05) is 6.92 Å². The van der Waals surface area contributed by atoms with E-state index in [1.165, 1.54) is 24.3 Å². The molecule has 0 saturated heterocycles. The molecule has 2 N–H and O–H groups in total. The Morgan fingerprint density at radius 1 is 1.21 bits per heavy atom. The number of nitrogens with zero attached hydrogens (tertiary/aromatic N) is 4. The molecule has 1 aliphatic rings. The van der Waals surface area contributed by atoms with E-state index in [-0.39, 0.29) is 10.8 Å². The van der Waals surface area contributed by atoms with Crippen molar-refractivity contribution in [3.63, 3.8) is 0 Å². The minimum absolute atomic E-state index is 0.0294. The first-order chi connectivity index (χ1) is 15.9. The monoisotopic (exact) mass is 460 g/mol. The molecule has 1 amide bonds. The van der Waals surface area contributed by atoms with Gasteiger partial charge in [0.25, 0.3) is 15.9 Å². The zero-order chi connectivity index (χ0) is 23.2. The Hall–Kier alpha value is -4.10. The van der Waals surface area contributed by atoms with Gasteiger partial charge in [-0.25, -0.2) is 23.1 Å². The fourth-order valence-electron chi connectivity index (χ4n) is 4.14. The van der Waals surface area contributed by atoms with Gasteiger partial charge in [0.15, 0.2) is 0 Å². The molecule has 2 aromatic carbocycles. The normalized spacial score (nSPS) is 13.5. The van der Waals surface area contributed by atoms with E-state index < -0.39 is 10.0 Å². The zero-order valence-electron chi connectivity index (χ0n) is 17.7. The van der Waals surface area contributed by atoms with Crippen molar-refractivity contribution in [1.29, 1.82) is 5.26 Å². The van der Waals surface area contributed by atoms with Crippen molar-refractivity contribution < 1.29 is 13.2 Å². The Balaban J connectivity index is 1.41. The third-order valence-corrected chi connectivity index (χ3v) is 7.16. The van der Waals surface area contributed by atoms with Crippen molar-refractivity contribution in [3.8, 4) is 6.07 Å². The van der Waals surface area contributed by atoms with Crippen molar-refractivity contribution in [3.05, 3.63) is 77.5 Å². The molecule has 0 aliphatic carbocycles. The number of nitrogens with one attached hydrogen (secondary N) is 2. The van der Waals surface area contributed by atoms with Gasteiger partial charge >= 0.3 is 0 Å². The highest BCUT2D eigenvalue weighted by atomic mass is 32.2. The van der Waals surface area contributed by atoms with Gasteiger partial charge in [0.05, 0.1) is 21.7 Å². The molecule has 166 valence electrons. The lowest BCUT2D eigenvalue weighted by Gasteiger charge is -2.29. The van der Waals surface area contributed by atoms with Gasteiger partial charge in [-0.2, -0.15) is 5.26 Å². The molecule has 0 spiro atoms. The van der Waals surface area contributed by atoms with E-state index in [1.54, 1.807) is 40.4 Å². The van der Waals surface area contributed by atoms with E-state index in [0.29, 0.717) is 34.3 Å². The summed E-state index contributed by atoms with van der Waals surface area (Å²) in [7, 11) is -3.92. The summed E-state index contributed by atoms with van der Waals surface area (Å²) in [5.74, 6) is 0.604. The molecule has 0 atom stereocenters. The number of carbonyl (C=O) groups excluding carboxylic acids is 1. The first kappa shape index (κ1) is 20.8. The Kier molecular flexibility index (Phi) is 4.91. The van der Waals surface area contributed by atoms with Crippen molar-refractivity contribution in [1.82, 2.24) is 14.6 Å². The number of amides is 1. The van der Waals surface area contributed by atoms with Crippen LogP contribution in [-0.4, -0.2) is 35.5 Å². The summed E-state index contributed by atoms with van der Waals surface area (Å²) in [6.07, 6.45) is 6.59. The summed E-state index contributed by atoms with van der Waals surface area (Å²) >= 11 is 0. The third-order valence-electron chi connectivity index (χ3n) is 5.78. The molecule has 4 aromatic rings. The predicted molar refractivity (Wildman–Crippen MR) is 123 cm³/mol. The number of imidazole rings is 1. The topological polar surface area (TPSA) is 124 Å². The maximum absolute atomic E-state index is 13.0. The second-order valence-electron chi connectivity index (χ2n) is 7.84. The summed E-state index contributed by atoms with van der Waals surface area (Å²) in [5.41, 5.74) is 2.59. The van der Waals surface area contributed by atoms with Crippen LogP contribution in [0.3, 0.4) is 0 Å². The number of fused-ring (bicyclic) bond motifs is 2. The zero-order valence-corrected chi connectivity index (χ0v) is 18.6. The first-order valence-corrected chi connectivity index (χ1v) is 11.9. The maximum atomic E-state index is 13.0. The van der Waals surface area contributed by atoms with Crippen molar-refractivity contribution >= 4 is 32.5 Å². The number of aromatic amines is 1. The number of H-pyrrole nitrogens is 1. The van der Waals surface area contributed by atoms with Gasteiger partial charge in [-0.15, -0.1) is 0 Å². The third kappa shape index (κ3) is 3.52. The average Bonchev–Trinajstić information content (AvgIpc) is 3.48. The number of anilines is 1. The van der Waals surface area contributed by atoms with Crippen molar-refractivity contribution in [2.45, 2.75) is 24.7 Å². The molecule has 0 unspecified atom stereocenters. The fourth-order valence-corrected chi connectivity index (χ4v) is 5.22. The summed E-state index contributed by atoms with van der Waals surface area (Å²) < 4.78 is 30.4. The number of nitriles is 1. The van der Waals surface area contributed by atoms with Crippen LogP contribution >= 0.6 is 0 Å². The van der Waals surface area contributed by atoms with E-state index in [4.69, 9.17) is 0 Å². The van der Waals surface area contributed by atoms with Crippen LogP contribution in [0.1, 0.15) is 33.7 Å². The lowest BCUT2D eigenvalue weighted by atomic mass is 10.1. The molecule has 0 bridgehead atoms. The largest absolute Gasteiger partial charge is 0.358 e. The molecule has 0 saturated carbocycles. The molecule has 3 heterocycles. The van der Waals surface area contributed by atoms with Crippen LogP contribution in [0.5, 0.6) is 0 Å². The minimum Gasteiger partial charge on any atom is -0.358 e. The molecular formula is C23H20N6O3S. The fraction of sp³-hybridized carbons (Fsp3) is 0.174. The van der Waals surface area contributed by atoms with Crippen LogP contribution in [-0.2, 0) is 16.4 Å². The lowest BCUT2D eigenvalue weighted by molar-refractivity contribution is 0.0952. The Morgan fingerprint density at radius 2 is 2.00 bits per heavy atom. The quantitative estimate of drug-likeness (QED) is 0.484. The molecule has 1 aliphatic heterocycles. The van der Waals surface area contributed by atoms with E-state index in [2.05, 4.69) is 20.8 Å². The van der Waals surface area contributed by atoms with E-state index >= 15 is 0 Å². The summed E-state index contributed by atoms with van der Waals surface area (Å²) in [6, 6.07) is 11.4. The Morgan fingerprint density at radius 3 is 2.76 bits per heavy atom. The van der Waals surface area contributed by atoms with Crippen LogP contribution in [0.15, 0.2) is 59.9 Å². The number of hydrogen-bond donors (Lipinski definition) is 2. The van der Waals surface area contributed by atoms with Gasteiger partial charge < -0.3 is 4.98 Å². The van der Waals surface area contributed by atoms with Gasteiger partial charge in [0.2, 0.25) is 0 Å². The predicted octanol–water partition coefficient (Wildman–Crippen LogP) is 3.07. The number of rotatable bonds is 4. The van der Waals surface area contributed by atoms with E-state index in [0.717, 1.165) is 24.2 Å². The summed E-state index contributed by atoms with van der Waals surface area (Å²) in [4.78, 5) is 20.3.